The number of carbonyl (C=O) groups is 1. The van der Waals surface area contributed by atoms with E-state index in [0.29, 0.717) is 19.5 Å². The molecular formula is C13H16BrNO2. The molecule has 1 aliphatic heterocycles. The molecule has 2 rings (SSSR count). The molecule has 2 atom stereocenters. The first kappa shape index (κ1) is 12.6. The Hall–Kier alpha value is -0.870. The minimum Gasteiger partial charge on any atom is -0.391 e. The Morgan fingerprint density at radius 2 is 2.12 bits per heavy atom. The molecule has 0 radical (unpaired) electrons. The highest BCUT2D eigenvalue weighted by Gasteiger charge is 2.28. The van der Waals surface area contributed by atoms with E-state index in [1.165, 1.54) is 0 Å². The van der Waals surface area contributed by atoms with Crippen LogP contribution in [0.25, 0.3) is 0 Å². The average Bonchev–Trinajstić information content (AvgIpc) is 2.75. The van der Waals surface area contributed by atoms with Crippen LogP contribution in [-0.4, -0.2) is 35.1 Å². The van der Waals surface area contributed by atoms with Crippen molar-refractivity contribution in [3.05, 3.63) is 34.3 Å². The number of aliphatic hydroxyl groups is 1. The summed E-state index contributed by atoms with van der Waals surface area (Å²) in [5.74, 6) is -0.0442. The second kappa shape index (κ2) is 5.19. The summed E-state index contributed by atoms with van der Waals surface area (Å²) in [5, 5.41) is 9.44. The molecule has 4 heteroatoms. The third-order valence-electron chi connectivity index (χ3n) is 3.22. The van der Waals surface area contributed by atoms with Gasteiger partial charge in [0.2, 0.25) is 5.91 Å². The number of benzene rings is 1. The molecule has 0 aromatic heterocycles. The highest BCUT2D eigenvalue weighted by Crippen LogP contribution is 2.22. The lowest BCUT2D eigenvalue weighted by Crippen LogP contribution is -2.32. The first-order chi connectivity index (χ1) is 8.08. The molecule has 1 unspecified atom stereocenters. The van der Waals surface area contributed by atoms with E-state index < -0.39 is 0 Å². The van der Waals surface area contributed by atoms with E-state index in [1.54, 1.807) is 4.90 Å². The average molecular weight is 298 g/mol. The van der Waals surface area contributed by atoms with Crippen molar-refractivity contribution >= 4 is 21.8 Å². The first-order valence-corrected chi connectivity index (χ1v) is 6.59. The molecule has 1 saturated heterocycles. The van der Waals surface area contributed by atoms with Gasteiger partial charge in [0.05, 0.1) is 12.0 Å². The van der Waals surface area contributed by atoms with Gasteiger partial charge in [0, 0.05) is 17.6 Å². The van der Waals surface area contributed by atoms with E-state index >= 15 is 0 Å². The van der Waals surface area contributed by atoms with E-state index in [9.17, 15) is 9.90 Å². The Bertz CT molecular complexity index is 404. The highest BCUT2D eigenvalue weighted by atomic mass is 79.9. The fourth-order valence-corrected chi connectivity index (χ4v) is 2.37. The molecule has 1 aliphatic rings. The molecule has 1 N–H and O–H groups in total. The second-order valence-electron chi connectivity index (χ2n) is 4.50. The van der Waals surface area contributed by atoms with Gasteiger partial charge in [-0.3, -0.25) is 4.79 Å². The molecule has 0 aliphatic carbocycles. The zero-order valence-corrected chi connectivity index (χ0v) is 11.4. The predicted octanol–water partition coefficient (Wildman–Crippen LogP) is 2.15. The van der Waals surface area contributed by atoms with Gasteiger partial charge in [-0.05, 0) is 31.0 Å². The number of halogens is 1. The predicted molar refractivity (Wildman–Crippen MR) is 69.8 cm³/mol. The SMILES string of the molecule is CC(C(=O)N1CC[C@@H](O)C1)c1ccc(Br)cc1. The van der Waals surface area contributed by atoms with Crippen molar-refractivity contribution < 1.29 is 9.90 Å². The minimum absolute atomic E-state index is 0.101. The van der Waals surface area contributed by atoms with Crippen LogP contribution in [0.3, 0.4) is 0 Å². The molecule has 0 saturated carbocycles. The molecule has 17 heavy (non-hydrogen) atoms. The Morgan fingerprint density at radius 3 is 2.65 bits per heavy atom. The summed E-state index contributed by atoms with van der Waals surface area (Å²) in [4.78, 5) is 13.9. The molecule has 3 nitrogen and oxygen atoms in total. The number of β-amino-alcohol motifs (C(OH)–C–C–N with tert-alkyl or cyclic N) is 1. The van der Waals surface area contributed by atoms with Gasteiger partial charge < -0.3 is 10.0 Å². The Balaban J connectivity index is 2.06. The summed E-state index contributed by atoms with van der Waals surface area (Å²) in [5.41, 5.74) is 1.01. The van der Waals surface area contributed by atoms with Gasteiger partial charge in [-0.15, -0.1) is 0 Å². The lowest BCUT2D eigenvalue weighted by atomic mass is 10.00. The second-order valence-corrected chi connectivity index (χ2v) is 5.42. The molecule has 1 fully saturated rings. The maximum Gasteiger partial charge on any atom is 0.229 e. The third kappa shape index (κ3) is 2.87. The zero-order valence-electron chi connectivity index (χ0n) is 9.77. The summed E-state index contributed by atoms with van der Waals surface area (Å²) in [6.07, 6.45) is 0.342. The van der Waals surface area contributed by atoms with E-state index in [0.717, 1.165) is 10.0 Å². The van der Waals surface area contributed by atoms with Crippen LogP contribution in [-0.2, 0) is 4.79 Å². The first-order valence-electron chi connectivity index (χ1n) is 5.80. The van der Waals surface area contributed by atoms with Gasteiger partial charge in [-0.1, -0.05) is 28.1 Å². The molecule has 0 spiro atoms. The number of likely N-dealkylation sites (tertiary alicyclic amines) is 1. The summed E-state index contributed by atoms with van der Waals surface area (Å²) >= 11 is 3.38. The Morgan fingerprint density at radius 1 is 1.47 bits per heavy atom. The van der Waals surface area contributed by atoms with Crippen LogP contribution >= 0.6 is 15.9 Å². The molecule has 1 aromatic carbocycles. The number of amides is 1. The molecule has 1 heterocycles. The standard InChI is InChI=1S/C13H16BrNO2/c1-9(10-2-4-11(14)5-3-10)13(17)15-7-6-12(16)8-15/h2-5,9,12,16H,6-8H2,1H3/t9?,12-/m1/s1. The van der Waals surface area contributed by atoms with Crippen molar-refractivity contribution in [2.75, 3.05) is 13.1 Å². The largest absolute Gasteiger partial charge is 0.391 e. The lowest BCUT2D eigenvalue weighted by Gasteiger charge is -2.20. The molecular weight excluding hydrogens is 282 g/mol. The van der Waals surface area contributed by atoms with Crippen molar-refractivity contribution in [3.63, 3.8) is 0 Å². The van der Waals surface area contributed by atoms with Crippen LogP contribution in [0.2, 0.25) is 0 Å². The van der Waals surface area contributed by atoms with Crippen molar-refractivity contribution in [3.8, 4) is 0 Å². The van der Waals surface area contributed by atoms with Crippen molar-refractivity contribution in [1.29, 1.82) is 0 Å². The van der Waals surface area contributed by atoms with Crippen LogP contribution in [0.1, 0.15) is 24.8 Å². The van der Waals surface area contributed by atoms with Crippen LogP contribution in [0.15, 0.2) is 28.7 Å². The maximum absolute atomic E-state index is 12.2. The topological polar surface area (TPSA) is 40.5 Å². The van der Waals surface area contributed by atoms with Gasteiger partial charge in [-0.25, -0.2) is 0 Å². The summed E-state index contributed by atoms with van der Waals surface area (Å²) in [7, 11) is 0. The summed E-state index contributed by atoms with van der Waals surface area (Å²) in [6, 6.07) is 7.80. The van der Waals surface area contributed by atoms with Crippen LogP contribution < -0.4 is 0 Å². The maximum atomic E-state index is 12.2. The van der Waals surface area contributed by atoms with Gasteiger partial charge in [-0.2, -0.15) is 0 Å². The minimum atomic E-state index is -0.351. The van der Waals surface area contributed by atoms with Crippen molar-refractivity contribution in [2.24, 2.45) is 0 Å². The fraction of sp³-hybridized carbons (Fsp3) is 0.462. The monoisotopic (exact) mass is 297 g/mol. The molecule has 1 amide bonds. The van der Waals surface area contributed by atoms with E-state index in [-0.39, 0.29) is 17.9 Å². The van der Waals surface area contributed by atoms with Gasteiger partial charge >= 0.3 is 0 Å². The normalized spacial score (nSPS) is 21.6. The number of hydrogen-bond donors (Lipinski definition) is 1. The number of hydrogen-bond acceptors (Lipinski definition) is 2. The van der Waals surface area contributed by atoms with Gasteiger partial charge in [0.25, 0.3) is 0 Å². The summed E-state index contributed by atoms with van der Waals surface area (Å²) < 4.78 is 1.01. The van der Waals surface area contributed by atoms with E-state index in [4.69, 9.17) is 0 Å². The Kier molecular flexibility index (Phi) is 3.84. The zero-order chi connectivity index (χ0) is 12.4. The fourth-order valence-electron chi connectivity index (χ4n) is 2.11. The van der Waals surface area contributed by atoms with Crippen LogP contribution in [0.4, 0.5) is 0 Å². The number of nitrogens with zero attached hydrogens (tertiary/aromatic N) is 1. The summed E-state index contributed by atoms with van der Waals surface area (Å²) in [6.45, 7) is 3.05. The van der Waals surface area contributed by atoms with E-state index in [1.807, 2.05) is 31.2 Å². The van der Waals surface area contributed by atoms with E-state index in [2.05, 4.69) is 15.9 Å². The van der Waals surface area contributed by atoms with Crippen molar-refractivity contribution in [2.45, 2.75) is 25.4 Å². The van der Waals surface area contributed by atoms with Crippen LogP contribution in [0.5, 0.6) is 0 Å². The lowest BCUT2D eigenvalue weighted by molar-refractivity contribution is -0.131. The quantitative estimate of drug-likeness (QED) is 0.909. The van der Waals surface area contributed by atoms with Gasteiger partial charge in [0.1, 0.15) is 0 Å². The third-order valence-corrected chi connectivity index (χ3v) is 3.74. The number of carbonyl (C=O) groups excluding carboxylic acids is 1. The molecule has 1 aromatic rings. The van der Waals surface area contributed by atoms with Crippen LogP contribution in [0, 0.1) is 0 Å². The van der Waals surface area contributed by atoms with Gasteiger partial charge in [0.15, 0.2) is 0 Å². The number of rotatable bonds is 2. The highest BCUT2D eigenvalue weighted by molar-refractivity contribution is 9.10. The molecule has 92 valence electrons. The Labute approximate surface area is 110 Å². The molecule has 0 bridgehead atoms. The van der Waals surface area contributed by atoms with Crippen molar-refractivity contribution in [1.82, 2.24) is 4.90 Å². The number of aliphatic hydroxyl groups excluding tert-OH is 1. The smallest absolute Gasteiger partial charge is 0.229 e.